The van der Waals surface area contributed by atoms with E-state index in [-0.39, 0.29) is 12.2 Å². The molecule has 2 unspecified atom stereocenters. The van der Waals surface area contributed by atoms with Crippen molar-refractivity contribution in [2.45, 2.75) is 38.6 Å². The molecule has 21 heavy (non-hydrogen) atoms. The number of piperidine rings is 1. The summed E-state index contributed by atoms with van der Waals surface area (Å²) in [5.74, 6) is -1.44. The van der Waals surface area contributed by atoms with E-state index < -0.39 is 11.9 Å². The summed E-state index contributed by atoms with van der Waals surface area (Å²) in [7, 11) is 0. The van der Waals surface area contributed by atoms with Crippen molar-refractivity contribution in [2.75, 3.05) is 13.1 Å². The van der Waals surface area contributed by atoms with Crippen molar-refractivity contribution in [3.8, 4) is 0 Å². The molecule has 0 radical (unpaired) electrons. The Labute approximate surface area is 125 Å². The first kappa shape index (κ1) is 15.7. The van der Waals surface area contributed by atoms with Crippen molar-refractivity contribution in [1.29, 1.82) is 0 Å². The van der Waals surface area contributed by atoms with E-state index in [1.807, 2.05) is 18.2 Å². The van der Waals surface area contributed by atoms with Crippen molar-refractivity contribution in [1.82, 2.24) is 4.90 Å². The lowest BCUT2D eigenvalue weighted by molar-refractivity contribution is -0.138. The minimum absolute atomic E-state index is 0.0595. The van der Waals surface area contributed by atoms with Crippen LogP contribution in [0.15, 0.2) is 30.3 Å². The molecule has 114 valence electrons. The topological polar surface area (TPSA) is 57.6 Å². The number of hydrogen-bond acceptors (Lipinski definition) is 3. The summed E-state index contributed by atoms with van der Waals surface area (Å²) < 4.78 is 0. The molecule has 0 saturated carbocycles. The fourth-order valence-electron chi connectivity index (χ4n) is 3.00. The third-order valence-corrected chi connectivity index (χ3v) is 4.25. The van der Waals surface area contributed by atoms with Gasteiger partial charge in [-0.15, -0.1) is 0 Å². The molecule has 0 amide bonds. The summed E-state index contributed by atoms with van der Waals surface area (Å²) in [6, 6.07) is 9.44. The van der Waals surface area contributed by atoms with Gasteiger partial charge in [-0.2, -0.15) is 0 Å². The van der Waals surface area contributed by atoms with Crippen LogP contribution in [0.25, 0.3) is 0 Å². The molecule has 1 saturated heterocycles. The molecule has 1 aliphatic rings. The second-order valence-corrected chi connectivity index (χ2v) is 5.86. The lowest BCUT2D eigenvalue weighted by Crippen LogP contribution is -2.42. The Morgan fingerprint density at radius 2 is 2.00 bits per heavy atom. The Balaban J connectivity index is 2.10. The Morgan fingerprint density at radius 1 is 1.29 bits per heavy atom. The van der Waals surface area contributed by atoms with Crippen LogP contribution in [0.4, 0.5) is 0 Å². The Hall–Kier alpha value is -1.68. The minimum atomic E-state index is -0.908. The third kappa shape index (κ3) is 4.39. The maximum Gasteiger partial charge on any atom is 0.304 e. The smallest absolute Gasteiger partial charge is 0.304 e. The molecule has 1 fully saturated rings. The number of likely N-dealkylation sites (tertiary alicyclic amines) is 1. The van der Waals surface area contributed by atoms with Crippen LogP contribution in [0.1, 0.15) is 43.0 Å². The number of aliphatic carboxylic acids is 1. The molecule has 2 rings (SSSR count). The molecule has 2 atom stereocenters. The van der Waals surface area contributed by atoms with Gasteiger partial charge in [0, 0.05) is 24.1 Å². The zero-order chi connectivity index (χ0) is 15.2. The summed E-state index contributed by atoms with van der Waals surface area (Å²) in [4.78, 5) is 25.9. The quantitative estimate of drug-likeness (QED) is 0.818. The molecule has 1 aromatic carbocycles. The normalized spacial score (nSPS) is 20.9. The molecule has 4 nitrogen and oxygen atoms in total. The predicted octanol–water partition coefficient (Wildman–Crippen LogP) is 2.83. The van der Waals surface area contributed by atoms with Gasteiger partial charge in [0.1, 0.15) is 0 Å². The highest BCUT2D eigenvalue weighted by atomic mass is 16.4. The van der Waals surface area contributed by atoms with Crippen LogP contribution in [0, 0.1) is 5.92 Å². The van der Waals surface area contributed by atoms with E-state index in [0.29, 0.717) is 18.2 Å². The number of hydrogen-bond donors (Lipinski definition) is 1. The first-order valence-electron chi connectivity index (χ1n) is 7.63. The third-order valence-electron chi connectivity index (χ3n) is 4.25. The Morgan fingerprint density at radius 3 is 2.62 bits per heavy atom. The Bertz CT molecular complexity index is 486. The maximum absolute atomic E-state index is 12.6. The van der Waals surface area contributed by atoms with Gasteiger partial charge in [-0.3, -0.25) is 14.5 Å². The van der Waals surface area contributed by atoms with E-state index in [2.05, 4.69) is 11.8 Å². The molecular weight excluding hydrogens is 266 g/mol. The van der Waals surface area contributed by atoms with E-state index in [1.54, 1.807) is 12.1 Å². The molecule has 4 heteroatoms. The second kappa shape index (κ2) is 7.36. The van der Waals surface area contributed by atoms with Gasteiger partial charge in [-0.05, 0) is 26.3 Å². The monoisotopic (exact) mass is 289 g/mol. The molecule has 1 aliphatic heterocycles. The number of carbonyl (C=O) groups excluding carboxylic acids is 1. The summed E-state index contributed by atoms with van der Waals surface area (Å²) >= 11 is 0. The Kier molecular flexibility index (Phi) is 5.51. The van der Waals surface area contributed by atoms with Crippen LogP contribution in [0.3, 0.4) is 0 Å². The number of Topliss-reactive ketones (excluding diaryl/α,β-unsaturated/α-hetero) is 1. The summed E-state index contributed by atoms with van der Waals surface area (Å²) in [5, 5.41) is 9.10. The van der Waals surface area contributed by atoms with Crippen LogP contribution in [0.5, 0.6) is 0 Å². The molecule has 1 heterocycles. The van der Waals surface area contributed by atoms with Crippen LogP contribution < -0.4 is 0 Å². The SMILES string of the molecule is CC1CCCCN1CC(CC(=O)O)C(=O)c1ccccc1. The van der Waals surface area contributed by atoms with E-state index >= 15 is 0 Å². The number of carbonyl (C=O) groups is 2. The number of benzene rings is 1. The zero-order valence-electron chi connectivity index (χ0n) is 12.5. The lowest BCUT2D eigenvalue weighted by Gasteiger charge is -2.35. The highest BCUT2D eigenvalue weighted by Crippen LogP contribution is 2.21. The standard InChI is InChI=1S/C17H23NO3/c1-13-7-5-6-10-18(13)12-15(11-16(19)20)17(21)14-8-3-2-4-9-14/h2-4,8-9,13,15H,5-7,10-12H2,1H3,(H,19,20). The van der Waals surface area contributed by atoms with Gasteiger partial charge < -0.3 is 5.11 Å². The number of carboxylic acid groups (broad SMARTS) is 1. The highest BCUT2D eigenvalue weighted by molar-refractivity contribution is 5.99. The number of rotatable bonds is 6. The summed E-state index contributed by atoms with van der Waals surface area (Å²) in [5.41, 5.74) is 0.605. The maximum atomic E-state index is 12.6. The van der Waals surface area contributed by atoms with Crippen LogP contribution in [-0.2, 0) is 4.79 Å². The molecule has 0 spiro atoms. The van der Waals surface area contributed by atoms with Gasteiger partial charge >= 0.3 is 5.97 Å². The van der Waals surface area contributed by atoms with Crippen molar-refractivity contribution in [2.24, 2.45) is 5.92 Å². The van der Waals surface area contributed by atoms with Crippen molar-refractivity contribution < 1.29 is 14.7 Å². The zero-order valence-corrected chi connectivity index (χ0v) is 12.5. The summed E-state index contributed by atoms with van der Waals surface area (Å²) in [6.07, 6.45) is 3.37. The minimum Gasteiger partial charge on any atom is -0.481 e. The van der Waals surface area contributed by atoms with E-state index in [1.165, 1.54) is 6.42 Å². The molecule has 0 aromatic heterocycles. The number of ketones is 1. The second-order valence-electron chi connectivity index (χ2n) is 5.86. The van der Waals surface area contributed by atoms with Gasteiger partial charge in [0.2, 0.25) is 0 Å². The van der Waals surface area contributed by atoms with Crippen molar-refractivity contribution >= 4 is 11.8 Å². The largest absolute Gasteiger partial charge is 0.481 e. The highest BCUT2D eigenvalue weighted by Gasteiger charge is 2.28. The van der Waals surface area contributed by atoms with Gasteiger partial charge in [-0.25, -0.2) is 0 Å². The van der Waals surface area contributed by atoms with Crippen molar-refractivity contribution in [3.05, 3.63) is 35.9 Å². The van der Waals surface area contributed by atoms with Gasteiger partial charge in [0.25, 0.3) is 0 Å². The van der Waals surface area contributed by atoms with Gasteiger partial charge in [0.15, 0.2) is 5.78 Å². The van der Waals surface area contributed by atoms with Crippen LogP contribution in [0.2, 0.25) is 0 Å². The van der Waals surface area contributed by atoms with Crippen molar-refractivity contribution in [3.63, 3.8) is 0 Å². The molecule has 0 bridgehead atoms. The number of carboxylic acids is 1. The molecule has 1 N–H and O–H groups in total. The average molecular weight is 289 g/mol. The van der Waals surface area contributed by atoms with E-state index in [9.17, 15) is 9.59 Å². The van der Waals surface area contributed by atoms with Crippen LogP contribution in [-0.4, -0.2) is 40.9 Å². The average Bonchev–Trinajstić information content (AvgIpc) is 2.48. The first-order valence-corrected chi connectivity index (χ1v) is 7.63. The fraction of sp³-hybridized carbons (Fsp3) is 0.529. The lowest BCUT2D eigenvalue weighted by atomic mass is 9.92. The van der Waals surface area contributed by atoms with Crippen LogP contribution >= 0.6 is 0 Å². The van der Waals surface area contributed by atoms with E-state index in [0.717, 1.165) is 19.4 Å². The molecular formula is C17H23NO3. The number of nitrogens with zero attached hydrogens (tertiary/aromatic N) is 1. The molecule has 1 aromatic rings. The first-order chi connectivity index (χ1) is 10.1. The molecule has 0 aliphatic carbocycles. The predicted molar refractivity (Wildman–Crippen MR) is 81.4 cm³/mol. The van der Waals surface area contributed by atoms with Gasteiger partial charge in [-0.1, -0.05) is 36.8 Å². The summed E-state index contributed by atoms with van der Waals surface area (Å²) in [6.45, 7) is 3.66. The van der Waals surface area contributed by atoms with E-state index in [4.69, 9.17) is 5.11 Å². The van der Waals surface area contributed by atoms with Gasteiger partial charge in [0.05, 0.1) is 6.42 Å². The fourth-order valence-corrected chi connectivity index (χ4v) is 3.00.